The Kier molecular flexibility index (Phi) is 5.01. The van der Waals surface area contributed by atoms with Crippen LogP contribution >= 0.6 is 15.9 Å². The van der Waals surface area contributed by atoms with Crippen LogP contribution in [0.1, 0.15) is 11.1 Å². The number of aliphatic hydroxyl groups excluding tert-OH is 1. The van der Waals surface area contributed by atoms with Crippen molar-refractivity contribution >= 4 is 27.1 Å². The molecule has 0 aliphatic rings. The van der Waals surface area contributed by atoms with Crippen molar-refractivity contribution in [3.8, 4) is 5.75 Å². The molecule has 0 saturated heterocycles. The van der Waals surface area contributed by atoms with Crippen LogP contribution in [0.25, 0.3) is 11.2 Å². The smallest absolute Gasteiger partial charge is 0.329 e. The highest BCUT2D eigenvalue weighted by Gasteiger charge is 2.18. The van der Waals surface area contributed by atoms with E-state index in [1.54, 1.807) is 0 Å². The molecule has 0 amide bonds. The summed E-state index contributed by atoms with van der Waals surface area (Å²) in [7, 11) is 1.52. The van der Waals surface area contributed by atoms with Gasteiger partial charge in [-0.15, -0.1) is 0 Å². The van der Waals surface area contributed by atoms with Gasteiger partial charge in [0.15, 0.2) is 15.9 Å². The van der Waals surface area contributed by atoms with E-state index in [4.69, 9.17) is 4.74 Å². The second kappa shape index (κ2) is 7.08. The van der Waals surface area contributed by atoms with E-state index in [0.29, 0.717) is 10.5 Å². The first kappa shape index (κ1) is 18.4. The zero-order valence-corrected chi connectivity index (χ0v) is 16.2. The fourth-order valence-electron chi connectivity index (χ4n) is 2.63. The third-order valence-electron chi connectivity index (χ3n) is 4.27. The molecule has 26 heavy (non-hydrogen) atoms. The Morgan fingerprint density at radius 3 is 2.73 bits per heavy atom. The van der Waals surface area contributed by atoms with Crippen LogP contribution in [-0.4, -0.2) is 36.9 Å². The van der Waals surface area contributed by atoms with Crippen LogP contribution in [0.5, 0.6) is 5.75 Å². The van der Waals surface area contributed by atoms with Gasteiger partial charge < -0.3 is 14.4 Å². The minimum Gasteiger partial charge on any atom is -0.491 e. The van der Waals surface area contributed by atoms with Gasteiger partial charge in [0.2, 0.25) is 0 Å². The van der Waals surface area contributed by atoms with Crippen molar-refractivity contribution in [1.29, 1.82) is 0 Å². The Morgan fingerprint density at radius 1 is 1.31 bits per heavy atom. The maximum Gasteiger partial charge on any atom is 0.329 e. The number of ether oxygens (including phenoxy) is 1. The number of aromatic nitrogens is 4. The summed E-state index contributed by atoms with van der Waals surface area (Å²) in [5, 5.41) is 10.3. The Labute approximate surface area is 157 Å². The fraction of sp³-hybridized carbons (Fsp3) is 0.353. The van der Waals surface area contributed by atoms with E-state index in [-0.39, 0.29) is 24.3 Å². The molecule has 0 aliphatic heterocycles. The Morgan fingerprint density at radius 2 is 2.04 bits per heavy atom. The van der Waals surface area contributed by atoms with Gasteiger partial charge in [-0.3, -0.25) is 14.3 Å². The SMILES string of the molecule is Cc1ccc(OCC(O)Cn2c(Br)nc3c2c(=O)[nH]c(=O)n3C)cc1C. The Hall–Kier alpha value is -2.39. The first-order valence-corrected chi connectivity index (χ1v) is 8.80. The fourth-order valence-corrected chi connectivity index (χ4v) is 3.12. The van der Waals surface area contributed by atoms with Gasteiger partial charge in [-0.2, -0.15) is 0 Å². The molecule has 138 valence electrons. The van der Waals surface area contributed by atoms with Gasteiger partial charge in [0.05, 0.1) is 6.54 Å². The highest BCUT2D eigenvalue weighted by molar-refractivity contribution is 9.10. The van der Waals surface area contributed by atoms with Gasteiger partial charge in [0.1, 0.15) is 18.5 Å². The molecule has 0 radical (unpaired) electrons. The van der Waals surface area contributed by atoms with Gasteiger partial charge in [0, 0.05) is 7.05 Å². The first-order valence-electron chi connectivity index (χ1n) is 8.01. The van der Waals surface area contributed by atoms with Crippen molar-refractivity contribution in [3.05, 3.63) is 54.9 Å². The second-order valence-electron chi connectivity index (χ2n) is 6.19. The highest BCUT2D eigenvalue weighted by Crippen LogP contribution is 2.18. The lowest BCUT2D eigenvalue weighted by Crippen LogP contribution is -2.30. The number of aryl methyl sites for hydroxylation is 3. The molecule has 0 spiro atoms. The van der Waals surface area contributed by atoms with Crippen molar-refractivity contribution in [3.63, 3.8) is 0 Å². The number of nitrogens with one attached hydrogen (secondary N) is 1. The maximum atomic E-state index is 12.2. The normalized spacial score (nSPS) is 12.5. The molecular formula is C17H19BrN4O4. The standard InChI is InChI=1S/C17H19BrN4O4/c1-9-4-5-12(6-10(9)2)26-8-11(23)7-22-13-14(19-16(22)18)21(3)17(25)20-15(13)24/h4-6,11,23H,7-8H2,1-3H3,(H,20,24,25). The zero-order chi connectivity index (χ0) is 19.0. The number of rotatable bonds is 5. The third kappa shape index (κ3) is 3.45. The largest absolute Gasteiger partial charge is 0.491 e. The Balaban J connectivity index is 1.81. The summed E-state index contributed by atoms with van der Waals surface area (Å²) >= 11 is 3.28. The minimum absolute atomic E-state index is 0.0539. The molecule has 2 N–H and O–H groups in total. The predicted octanol–water partition coefficient (Wildman–Crippen LogP) is 1.24. The molecule has 8 nitrogen and oxygen atoms in total. The average Bonchev–Trinajstić information content (AvgIpc) is 2.91. The van der Waals surface area contributed by atoms with Gasteiger partial charge in [-0.25, -0.2) is 9.78 Å². The predicted molar refractivity (Wildman–Crippen MR) is 101 cm³/mol. The molecule has 1 aromatic carbocycles. The highest BCUT2D eigenvalue weighted by atomic mass is 79.9. The minimum atomic E-state index is -0.873. The van der Waals surface area contributed by atoms with Crippen LogP contribution in [0.15, 0.2) is 32.5 Å². The molecule has 9 heteroatoms. The number of fused-ring (bicyclic) bond motifs is 1. The summed E-state index contributed by atoms with van der Waals surface area (Å²) in [5.41, 5.74) is 1.63. The summed E-state index contributed by atoms with van der Waals surface area (Å²) in [6.07, 6.45) is -0.873. The molecule has 0 saturated carbocycles. The van der Waals surface area contributed by atoms with E-state index in [9.17, 15) is 14.7 Å². The summed E-state index contributed by atoms with van der Waals surface area (Å²) in [6.45, 7) is 4.14. The molecule has 3 rings (SSSR count). The van der Waals surface area contributed by atoms with Gasteiger partial charge in [-0.05, 0) is 53.0 Å². The monoisotopic (exact) mass is 422 g/mol. The van der Waals surface area contributed by atoms with Crippen LogP contribution in [0.4, 0.5) is 0 Å². The summed E-state index contributed by atoms with van der Waals surface area (Å²) in [6, 6.07) is 5.71. The molecule has 1 unspecified atom stereocenters. The molecule has 1 atom stereocenters. The lowest BCUT2D eigenvalue weighted by Gasteiger charge is -2.14. The number of benzene rings is 1. The zero-order valence-electron chi connectivity index (χ0n) is 14.6. The van der Waals surface area contributed by atoms with E-state index >= 15 is 0 Å². The average molecular weight is 423 g/mol. The van der Waals surface area contributed by atoms with Crippen molar-refractivity contribution < 1.29 is 9.84 Å². The van der Waals surface area contributed by atoms with Gasteiger partial charge in [0.25, 0.3) is 5.56 Å². The van der Waals surface area contributed by atoms with Crippen molar-refractivity contribution in [1.82, 2.24) is 19.1 Å². The van der Waals surface area contributed by atoms with E-state index < -0.39 is 17.4 Å². The van der Waals surface area contributed by atoms with E-state index in [0.717, 1.165) is 11.1 Å². The third-order valence-corrected chi connectivity index (χ3v) is 4.88. The van der Waals surface area contributed by atoms with E-state index in [1.807, 2.05) is 32.0 Å². The molecule has 0 bridgehead atoms. The summed E-state index contributed by atoms with van der Waals surface area (Å²) in [4.78, 5) is 30.3. The number of hydrogen-bond acceptors (Lipinski definition) is 5. The number of H-pyrrole nitrogens is 1. The van der Waals surface area contributed by atoms with Crippen molar-refractivity contribution in [2.45, 2.75) is 26.5 Å². The van der Waals surface area contributed by atoms with Crippen LogP contribution in [0, 0.1) is 13.8 Å². The maximum absolute atomic E-state index is 12.2. The quantitative estimate of drug-likeness (QED) is 0.602. The van der Waals surface area contributed by atoms with E-state index in [2.05, 4.69) is 25.9 Å². The van der Waals surface area contributed by atoms with Crippen LogP contribution in [0.2, 0.25) is 0 Å². The molecule has 2 heterocycles. The molecular weight excluding hydrogens is 404 g/mol. The van der Waals surface area contributed by atoms with Gasteiger partial charge >= 0.3 is 5.69 Å². The molecule has 2 aromatic heterocycles. The van der Waals surface area contributed by atoms with E-state index in [1.165, 1.54) is 16.2 Å². The lowest BCUT2D eigenvalue weighted by atomic mass is 10.1. The van der Waals surface area contributed by atoms with Crippen LogP contribution in [-0.2, 0) is 13.6 Å². The van der Waals surface area contributed by atoms with Crippen LogP contribution in [0.3, 0.4) is 0 Å². The molecule has 0 fully saturated rings. The van der Waals surface area contributed by atoms with Crippen molar-refractivity contribution in [2.24, 2.45) is 7.05 Å². The number of hydrogen-bond donors (Lipinski definition) is 2. The number of imidazole rings is 1. The number of aliphatic hydroxyl groups is 1. The second-order valence-corrected chi connectivity index (χ2v) is 6.90. The number of aromatic amines is 1. The topological polar surface area (TPSA) is 102 Å². The van der Waals surface area contributed by atoms with Crippen LogP contribution < -0.4 is 16.0 Å². The summed E-state index contributed by atoms with van der Waals surface area (Å²) in [5.74, 6) is 0.668. The molecule has 0 aliphatic carbocycles. The number of nitrogens with zero attached hydrogens (tertiary/aromatic N) is 3. The number of halogens is 1. The summed E-state index contributed by atoms with van der Waals surface area (Å²) < 4.78 is 8.75. The lowest BCUT2D eigenvalue weighted by molar-refractivity contribution is 0.0928. The van der Waals surface area contributed by atoms with Crippen molar-refractivity contribution in [2.75, 3.05) is 6.61 Å². The molecule has 3 aromatic rings. The van der Waals surface area contributed by atoms with Gasteiger partial charge in [-0.1, -0.05) is 6.07 Å². The Bertz CT molecular complexity index is 1080. The first-order chi connectivity index (χ1) is 12.3.